The number of benzene rings is 2. The summed E-state index contributed by atoms with van der Waals surface area (Å²) in [6.45, 7) is 0. The highest BCUT2D eigenvalue weighted by molar-refractivity contribution is 6.14. The molecule has 0 N–H and O–H groups in total. The molecule has 4 aromatic heterocycles. The largest absolute Gasteiger partial charge is 0.274 e. The van der Waals surface area contributed by atoms with Crippen LogP contribution >= 0.6 is 0 Å². The Hall–Kier alpha value is -3.79. The standard InChI is InChI=1S/C24H14N4/c1-2-5-16-14(4-1)10-15-11-19-17-6-3-8-26-23(17)28-22-13-25-9-7-21(22)27-24(28)20(19)12-18(15)16/h1-9,11-13H,10H2. The fourth-order valence-electron chi connectivity index (χ4n) is 4.70. The molecule has 0 saturated carbocycles. The number of pyridine rings is 3. The van der Waals surface area contributed by atoms with E-state index in [0.717, 1.165) is 39.5 Å². The Morgan fingerprint density at radius 1 is 0.750 bits per heavy atom. The van der Waals surface area contributed by atoms with Crippen molar-refractivity contribution in [3.05, 3.63) is 84.3 Å². The lowest BCUT2D eigenvalue weighted by atomic mass is 9.99. The first-order valence-corrected chi connectivity index (χ1v) is 9.42. The summed E-state index contributed by atoms with van der Waals surface area (Å²) in [6.07, 6.45) is 6.49. The molecule has 7 rings (SSSR count). The minimum Gasteiger partial charge on any atom is -0.274 e. The predicted octanol–water partition coefficient (Wildman–Crippen LogP) is 5.16. The van der Waals surface area contributed by atoms with Crippen LogP contribution in [-0.4, -0.2) is 19.4 Å². The highest BCUT2D eigenvalue weighted by Gasteiger charge is 2.21. The Labute approximate surface area is 160 Å². The molecule has 4 heterocycles. The van der Waals surface area contributed by atoms with Crippen molar-refractivity contribution >= 4 is 38.5 Å². The van der Waals surface area contributed by atoms with Gasteiger partial charge in [-0.25, -0.2) is 9.97 Å². The van der Waals surface area contributed by atoms with Crippen molar-refractivity contribution < 1.29 is 0 Å². The van der Waals surface area contributed by atoms with Gasteiger partial charge in [-0.2, -0.15) is 0 Å². The van der Waals surface area contributed by atoms with Crippen molar-refractivity contribution in [1.82, 2.24) is 19.4 Å². The first kappa shape index (κ1) is 14.3. The number of imidazole rings is 1. The van der Waals surface area contributed by atoms with E-state index in [2.05, 4.69) is 51.8 Å². The lowest BCUT2D eigenvalue weighted by Crippen LogP contribution is -1.95. The second-order valence-electron chi connectivity index (χ2n) is 7.40. The smallest absolute Gasteiger partial charge is 0.147 e. The minimum absolute atomic E-state index is 0.927. The van der Waals surface area contributed by atoms with Crippen LogP contribution in [0.4, 0.5) is 0 Å². The van der Waals surface area contributed by atoms with Gasteiger partial charge in [0.2, 0.25) is 0 Å². The Morgan fingerprint density at radius 2 is 1.71 bits per heavy atom. The van der Waals surface area contributed by atoms with Crippen molar-refractivity contribution in [3.63, 3.8) is 0 Å². The van der Waals surface area contributed by atoms with Gasteiger partial charge in [-0.1, -0.05) is 24.3 Å². The number of nitrogens with zero attached hydrogens (tertiary/aromatic N) is 4. The molecule has 130 valence electrons. The molecule has 0 spiro atoms. The van der Waals surface area contributed by atoms with Crippen LogP contribution in [0, 0.1) is 0 Å². The Morgan fingerprint density at radius 3 is 2.71 bits per heavy atom. The Balaban J connectivity index is 1.75. The van der Waals surface area contributed by atoms with Crippen LogP contribution in [0.3, 0.4) is 0 Å². The number of rotatable bonds is 0. The van der Waals surface area contributed by atoms with Gasteiger partial charge in [0.25, 0.3) is 0 Å². The number of hydrogen-bond acceptors (Lipinski definition) is 3. The maximum absolute atomic E-state index is 4.96. The van der Waals surface area contributed by atoms with Gasteiger partial charge in [0.05, 0.1) is 17.2 Å². The molecule has 0 saturated heterocycles. The molecule has 1 aliphatic rings. The fraction of sp³-hybridized carbons (Fsp3) is 0.0417. The van der Waals surface area contributed by atoms with Gasteiger partial charge >= 0.3 is 0 Å². The van der Waals surface area contributed by atoms with Gasteiger partial charge in [-0.05, 0) is 64.4 Å². The van der Waals surface area contributed by atoms with Crippen LogP contribution in [0.25, 0.3) is 49.6 Å². The maximum atomic E-state index is 4.96. The second kappa shape index (κ2) is 4.93. The molecule has 4 nitrogen and oxygen atoms in total. The lowest BCUT2D eigenvalue weighted by Gasteiger charge is -2.10. The molecule has 0 radical (unpaired) electrons. The summed E-state index contributed by atoms with van der Waals surface area (Å²) >= 11 is 0. The molecule has 0 aliphatic heterocycles. The topological polar surface area (TPSA) is 43.1 Å². The zero-order chi connectivity index (χ0) is 18.2. The van der Waals surface area contributed by atoms with Crippen LogP contribution < -0.4 is 0 Å². The second-order valence-corrected chi connectivity index (χ2v) is 7.40. The van der Waals surface area contributed by atoms with Crippen LogP contribution in [-0.2, 0) is 6.42 Å². The summed E-state index contributed by atoms with van der Waals surface area (Å²) in [5, 5.41) is 3.52. The monoisotopic (exact) mass is 358 g/mol. The molecular formula is C24H14N4. The van der Waals surface area contributed by atoms with Gasteiger partial charge in [0, 0.05) is 23.2 Å². The first-order chi connectivity index (χ1) is 13.9. The van der Waals surface area contributed by atoms with Crippen molar-refractivity contribution in [3.8, 4) is 11.1 Å². The molecule has 1 aliphatic carbocycles. The molecule has 4 heteroatoms. The fourth-order valence-corrected chi connectivity index (χ4v) is 4.70. The van der Waals surface area contributed by atoms with Crippen LogP contribution in [0.1, 0.15) is 11.1 Å². The van der Waals surface area contributed by atoms with E-state index in [1.807, 2.05) is 24.5 Å². The summed E-state index contributed by atoms with van der Waals surface area (Å²) < 4.78 is 2.15. The summed E-state index contributed by atoms with van der Waals surface area (Å²) in [5.74, 6) is 0. The van der Waals surface area contributed by atoms with E-state index in [9.17, 15) is 0 Å². The maximum Gasteiger partial charge on any atom is 0.147 e. The van der Waals surface area contributed by atoms with Crippen LogP contribution in [0.2, 0.25) is 0 Å². The molecule has 28 heavy (non-hydrogen) atoms. The molecule has 0 fully saturated rings. The van der Waals surface area contributed by atoms with Crippen LogP contribution in [0.5, 0.6) is 0 Å². The molecular weight excluding hydrogens is 344 g/mol. The van der Waals surface area contributed by atoms with Crippen molar-refractivity contribution in [2.45, 2.75) is 6.42 Å². The Kier molecular flexibility index (Phi) is 2.51. The third-order valence-corrected chi connectivity index (χ3v) is 5.92. The first-order valence-electron chi connectivity index (χ1n) is 9.42. The molecule has 2 aromatic carbocycles. The lowest BCUT2D eigenvalue weighted by molar-refractivity contribution is 1.22. The quantitative estimate of drug-likeness (QED) is 0.352. The summed E-state index contributed by atoms with van der Waals surface area (Å²) in [7, 11) is 0. The zero-order valence-corrected chi connectivity index (χ0v) is 14.9. The average Bonchev–Trinajstić information content (AvgIpc) is 3.31. The van der Waals surface area contributed by atoms with Crippen LogP contribution in [0.15, 0.2) is 73.2 Å². The minimum atomic E-state index is 0.927. The summed E-state index contributed by atoms with van der Waals surface area (Å²) in [6, 6.07) is 19.5. The summed E-state index contributed by atoms with van der Waals surface area (Å²) in [4.78, 5) is 14.0. The molecule has 0 amide bonds. The number of hydrogen-bond donors (Lipinski definition) is 0. The van der Waals surface area contributed by atoms with E-state index in [0.29, 0.717) is 0 Å². The SMILES string of the molecule is c1ccc2c(c1)Cc1cc3c4cccnc4n4c5cnccc5nc4c3cc1-2. The predicted molar refractivity (Wildman–Crippen MR) is 112 cm³/mol. The van der Waals surface area contributed by atoms with Gasteiger partial charge in [-0.3, -0.25) is 9.38 Å². The average molecular weight is 358 g/mol. The highest BCUT2D eigenvalue weighted by Crippen LogP contribution is 2.41. The molecule has 0 bridgehead atoms. The third-order valence-electron chi connectivity index (χ3n) is 5.92. The highest BCUT2D eigenvalue weighted by atomic mass is 15.1. The Bertz CT molecular complexity index is 1590. The number of aromatic nitrogens is 4. The zero-order valence-electron chi connectivity index (χ0n) is 14.9. The van der Waals surface area contributed by atoms with E-state index in [1.165, 1.54) is 27.6 Å². The van der Waals surface area contributed by atoms with E-state index >= 15 is 0 Å². The normalized spacial score (nSPS) is 12.9. The summed E-state index contributed by atoms with van der Waals surface area (Å²) in [5.41, 5.74) is 9.22. The van der Waals surface area contributed by atoms with Gasteiger partial charge in [-0.15, -0.1) is 0 Å². The molecule has 0 atom stereocenters. The van der Waals surface area contributed by atoms with Gasteiger partial charge in [0.1, 0.15) is 11.3 Å². The van der Waals surface area contributed by atoms with Gasteiger partial charge < -0.3 is 0 Å². The van der Waals surface area contributed by atoms with Crippen molar-refractivity contribution in [2.24, 2.45) is 0 Å². The van der Waals surface area contributed by atoms with E-state index in [-0.39, 0.29) is 0 Å². The third kappa shape index (κ3) is 1.68. The number of fused-ring (bicyclic) bond motifs is 11. The van der Waals surface area contributed by atoms with E-state index in [4.69, 9.17) is 9.97 Å². The molecule has 6 aromatic rings. The van der Waals surface area contributed by atoms with E-state index < -0.39 is 0 Å². The van der Waals surface area contributed by atoms with Crippen molar-refractivity contribution in [1.29, 1.82) is 0 Å². The van der Waals surface area contributed by atoms with Crippen molar-refractivity contribution in [2.75, 3.05) is 0 Å². The molecule has 0 unspecified atom stereocenters. The van der Waals surface area contributed by atoms with Gasteiger partial charge in [0.15, 0.2) is 0 Å². The van der Waals surface area contributed by atoms with E-state index in [1.54, 1.807) is 6.20 Å².